The van der Waals surface area contributed by atoms with E-state index in [9.17, 15) is 13.2 Å². The molecule has 2 aromatic carbocycles. The van der Waals surface area contributed by atoms with Crippen LogP contribution in [0.4, 0.5) is 0 Å². The molecular formula is C25H33N3O4S. The molecule has 0 bridgehead atoms. The first-order valence-corrected chi connectivity index (χ1v) is 12.8. The highest BCUT2D eigenvalue weighted by molar-refractivity contribution is 7.89. The van der Waals surface area contributed by atoms with Gasteiger partial charge in [-0.25, -0.2) is 13.4 Å². The summed E-state index contributed by atoms with van der Waals surface area (Å²) in [5.74, 6) is 0.419. The Kier molecular flexibility index (Phi) is 8.40. The Hall–Kier alpha value is -2.55. The minimum Gasteiger partial charge on any atom is -0.383 e. The first-order chi connectivity index (χ1) is 15.8. The lowest BCUT2D eigenvalue weighted by molar-refractivity contribution is 0.182. The molecule has 0 aliphatic rings. The van der Waals surface area contributed by atoms with Crippen molar-refractivity contribution in [3.05, 3.63) is 70.3 Å². The maximum atomic E-state index is 13.7. The molecular weight excluding hydrogens is 438 g/mol. The van der Waals surface area contributed by atoms with Gasteiger partial charge in [-0.15, -0.1) is 0 Å². The number of para-hydroxylation sites is 1. The Labute approximate surface area is 196 Å². The van der Waals surface area contributed by atoms with Gasteiger partial charge in [-0.1, -0.05) is 49.6 Å². The van der Waals surface area contributed by atoms with Crippen molar-refractivity contribution >= 4 is 20.9 Å². The normalized spacial score (nSPS) is 13.0. The number of hydrogen-bond acceptors (Lipinski definition) is 5. The molecule has 1 atom stereocenters. The number of sulfonamides is 1. The first-order valence-electron chi connectivity index (χ1n) is 11.4. The van der Waals surface area contributed by atoms with Gasteiger partial charge in [0.2, 0.25) is 10.0 Å². The smallest absolute Gasteiger partial charge is 0.261 e. The van der Waals surface area contributed by atoms with E-state index >= 15 is 0 Å². The van der Waals surface area contributed by atoms with Crippen LogP contribution >= 0.6 is 0 Å². The van der Waals surface area contributed by atoms with Crippen LogP contribution in [-0.4, -0.2) is 42.5 Å². The highest BCUT2D eigenvalue weighted by Crippen LogP contribution is 2.28. The molecule has 1 aromatic heterocycles. The van der Waals surface area contributed by atoms with Crippen molar-refractivity contribution < 1.29 is 13.2 Å². The molecule has 0 aliphatic carbocycles. The standard InChI is InChI=1S/C25H33N3O4S/c1-5-6-9-16-28(33(30,31)21-14-12-19(2)13-15-21)20(3)24-26-23-11-8-7-10-22(23)25(29)27(24)17-18-32-4/h7-8,10-15,20H,5-6,9,16-18H2,1-4H3. The number of fused-ring (bicyclic) bond motifs is 1. The summed E-state index contributed by atoms with van der Waals surface area (Å²) in [7, 11) is -2.23. The Morgan fingerprint density at radius 3 is 2.45 bits per heavy atom. The lowest BCUT2D eigenvalue weighted by Gasteiger charge is -2.30. The lowest BCUT2D eigenvalue weighted by atomic mass is 10.2. The number of aryl methyl sites for hydroxylation is 1. The van der Waals surface area contributed by atoms with Crippen LogP contribution in [0.25, 0.3) is 10.9 Å². The molecule has 3 rings (SSSR count). The zero-order valence-electron chi connectivity index (χ0n) is 19.8. The fraction of sp³-hybridized carbons (Fsp3) is 0.440. The maximum Gasteiger partial charge on any atom is 0.261 e. The number of aromatic nitrogens is 2. The van der Waals surface area contributed by atoms with Crippen LogP contribution in [0.2, 0.25) is 0 Å². The third kappa shape index (κ3) is 5.51. The minimum absolute atomic E-state index is 0.194. The zero-order valence-corrected chi connectivity index (χ0v) is 20.6. The fourth-order valence-corrected chi connectivity index (χ4v) is 5.55. The maximum absolute atomic E-state index is 13.7. The van der Waals surface area contributed by atoms with Crippen molar-refractivity contribution in [2.45, 2.75) is 57.5 Å². The van der Waals surface area contributed by atoms with Crippen LogP contribution in [0, 0.1) is 6.92 Å². The topological polar surface area (TPSA) is 81.5 Å². The predicted octanol–water partition coefficient (Wildman–Crippen LogP) is 4.29. The number of benzene rings is 2. The second-order valence-corrected chi connectivity index (χ2v) is 10.1. The molecule has 0 aliphatic heterocycles. The van der Waals surface area contributed by atoms with E-state index in [0.29, 0.717) is 36.4 Å². The predicted molar refractivity (Wildman–Crippen MR) is 131 cm³/mol. The summed E-state index contributed by atoms with van der Waals surface area (Å²) < 4.78 is 35.7. The quantitative estimate of drug-likeness (QED) is 0.390. The molecule has 1 heterocycles. The molecule has 33 heavy (non-hydrogen) atoms. The van der Waals surface area contributed by atoms with Gasteiger partial charge in [-0.2, -0.15) is 4.31 Å². The molecule has 3 aromatic rings. The molecule has 7 nitrogen and oxygen atoms in total. The van der Waals surface area contributed by atoms with Gasteiger partial charge in [0, 0.05) is 13.7 Å². The number of rotatable bonds is 11. The zero-order chi connectivity index (χ0) is 24.0. The van der Waals surface area contributed by atoms with E-state index in [2.05, 4.69) is 6.92 Å². The molecule has 1 unspecified atom stereocenters. The molecule has 8 heteroatoms. The van der Waals surface area contributed by atoms with Crippen molar-refractivity contribution in [1.29, 1.82) is 0 Å². The monoisotopic (exact) mass is 471 g/mol. The van der Waals surface area contributed by atoms with Crippen LogP contribution in [0.3, 0.4) is 0 Å². The Balaban J connectivity index is 2.14. The largest absolute Gasteiger partial charge is 0.383 e. The molecule has 178 valence electrons. The van der Waals surface area contributed by atoms with Gasteiger partial charge in [0.1, 0.15) is 5.82 Å². The molecule has 0 fully saturated rings. The van der Waals surface area contributed by atoms with E-state index in [-0.39, 0.29) is 10.5 Å². The van der Waals surface area contributed by atoms with Gasteiger partial charge >= 0.3 is 0 Å². The van der Waals surface area contributed by atoms with Crippen molar-refractivity contribution in [3.8, 4) is 0 Å². The fourth-order valence-electron chi connectivity index (χ4n) is 3.92. The van der Waals surface area contributed by atoms with Crippen LogP contribution in [0.1, 0.15) is 50.5 Å². The molecule has 0 amide bonds. The molecule has 0 radical (unpaired) electrons. The van der Waals surface area contributed by atoms with E-state index in [1.165, 1.54) is 4.31 Å². The SMILES string of the molecule is CCCCCN(C(C)c1nc2ccccc2c(=O)n1CCOC)S(=O)(=O)c1ccc(C)cc1. The lowest BCUT2D eigenvalue weighted by Crippen LogP contribution is -2.38. The van der Waals surface area contributed by atoms with Gasteiger partial charge < -0.3 is 4.74 Å². The van der Waals surface area contributed by atoms with Crippen molar-refractivity contribution in [2.24, 2.45) is 0 Å². The number of hydrogen-bond donors (Lipinski definition) is 0. The Bertz CT molecular complexity index is 1240. The van der Waals surface area contributed by atoms with Crippen molar-refractivity contribution in [2.75, 3.05) is 20.3 Å². The van der Waals surface area contributed by atoms with E-state index in [1.807, 2.05) is 13.0 Å². The Morgan fingerprint density at radius 1 is 1.09 bits per heavy atom. The number of methoxy groups -OCH3 is 1. The summed E-state index contributed by atoms with van der Waals surface area (Å²) in [5, 5.41) is 0.503. The average molecular weight is 472 g/mol. The third-order valence-electron chi connectivity index (χ3n) is 5.83. The number of nitrogens with zero attached hydrogens (tertiary/aromatic N) is 3. The summed E-state index contributed by atoms with van der Waals surface area (Å²) in [6.07, 6.45) is 2.61. The highest BCUT2D eigenvalue weighted by Gasteiger charge is 2.32. The van der Waals surface area contributed by atoms with Gasteiger partial charge in [-0.05, 0) is 44.5 Å². The molecule has 0 spiro atoms. The first kappa shape index (κ1) is 25.1. The van der Waals surface area contributed by atoms with Gasteiger partial charge in [0.15, 0.2) is 0 Å². The van der Waals surface area contributed by atoms with Crippen LogP contribution in [0.5, 0.6) is 0 Å². The number of ether oxygens (including phenoxy) is 1. The third-order valence-corrected chi connectivity index (χ3v) is 7.81. The van der Waals surface area contributed by atoms with E-state index in [0.717, 1.165) is 24.8 Å². The Morgan fingerprint density at radius 2 is 1.79 bits per heavy atom. The molecule has 0 saturated heterocycles. The van der Waals surface area contributed by atoms with Crippen LogP contribution in [-0.2, 0) is 21.3 Å². The van der Waals surface area contributed by atoms with Gasteiger partial charge in [-0.3, -0.25) is 9.36 Å². The second-order valence-electron chi connectivity index (χ2n) is 8.25. The van der Waals surface area contributed by atoms with Gasteiger partial charge in [0.05, 0.1) is 35.0 Å². The van der Waals surface area contributed by atoms with Crippen molar-refractivity contribution in [3.63, 3.8) is 0 Å². The van der Waals surface area contributed by atoms with E-state index < -0.39 is 16.1 Å². The van der Waals surface area contributed by atoms with E-state index in [1.54, 1.807) is 61.1 Å². The summed E-state index contributed by atoms with van der Waals surface area (Å²) in [4.78, 5) is 18.3. The second kappa shape index (κ2) is 11.0. The van der Waals surface area contributed by atoms with Gasteiger partial charge in [0.25, 0.3) is 5.56 Å². The number of unbranched alkanes of at least 4 members (excludes halogenated alkanes) is 2. The summed E-state index contributed by atoms with van der Waals surface area (Å²) in [5.41, 5.74) is 1.35. The highest BCUT2D eigenvalue weighted by atomic mass is 32.2. The summed E-state index contributed by atoms with van der Waals surface area (Å²) in [6.45, 7) is 6.76. The molecule has 0 saturated carbocycles. The average Bonchev–Trinajstić information content (AvgIpc) is 2.81. The molecule has 0 N–H and O–H groups in total. The van der Waals surface area contributed by atoms with Crippen LogP contribution < -0.4 is 5.56 Å². The van der Waals surface area contributed by atoms with E-state index in [4.69, 9.17) is 9.72 Å². The summed E-state index contributed by atoms with van der Waals surface area (Å²) in [6, 6.07) is 13.4. The van der Waals surface area contributed by atoms with Crippen LogP contribution in [0.15, 0.2) is 58.2 Å². The minimum atomic E-state index is -3.80. The van der Waals surface area contributed by atoms with Crippen molar-refractivity contribution in [1.82, 2.24) is 13.9 Å². The summed E-state index contributed by atoms with van der Waals surface area (Å²) >= 11 is 0.